The largest absolute Gasteiger partial charge is 0.468 e. The van der Waals surface area contributed by atoms with Crippen molar-refractivity contribution in [3.8, 4) is 0 Å². The minimum atomic E-state index is -0.991. The van der Waals surface area contributed by atoms with Crippen molar-refractivity contribution >= 4 is 11.8 Å². The molecule has 0 aliphatic heterocycles. The molecule has 4 aliphatic rings. The van der Waals surface area contributed by atoms with E-state index in [2.05, 4.69) is 26.8 Å². The number of methoxy groups -OCH3 is 1. The number of ketones is 1. The maximum atomic E-state index is 12.7. The topological polar surface area (TPSA) is 63.6 Å². The summed E-state index contributed by atoms with van der Waals surface area (Å²) in [6.07, 6.45) is 7.05. The minimum Gasteiger partial charge on any atom is -0.468 e. The van der Waals surface area contributed by atoms with Crippen molar-refractivity contribution in [1.82, 2.24) is 0 Å². The van der Waals surface area contributed by atoms with Crippen molar-refractivity contribution in [2.75, 3.05) is 7.11 Å². The van der Waals surface area contributed by atoms with Crippen LogP contribution in [0, 0.1) is 22.7 Å². The number of hydrogen-bond donors (Lipinski definition) is 1. The van der Waals surface area contributed by atoms with Crippen molar-refractivity contribution in [2.24, 2.45) is 22.7 Å². The lowest BCUT2D eigenvalue weighted by atomic mass is 9.52. The van der Waals surface area contributed by atoms with E-state index in [1.807, 2.05) is 0 Å². The third-order valence-corrected chi connectivity index (χ3v) is 7.78. The highest BCUT2D eigenvalue weighted by Gasteiger charge is 2.56. The van der Waals surface area contributed by atoms with Crippen LogP contribution in [0.2, 0.25) is 0 Å². The Morgan fingerprint density at radius 1 is 1.27 bits per heavy atom. The van der Waals surface area contributed by atoms with E-state index in [-0.39, 0.29) is 16.6 Å². The highest BCUT2D eigenvalue weighted by Crippen LogP contribution is 2.63. The van der Waals surface area contributed by atoms with Crippen LogP contribution in [0.1, 0.15) is 52.9 Å². The van der Waals surface area contributed by atoms with Crippen LogP contribution in [0.4, 0.5) is 0 Å². The second-order valence-corrected chi connectivity index (χ2v) is 8.91. The number of hydrogen-bond acceptors (Lipinski definition) is 4. The third kappa shape index (κ3) is 2.11. The van der Waals surface area contributed by atoms with Gasteiger partial charge in [-0.15, -0.1) is 0 Å². The molecule has 0 amide bonds. The molecule has 0 fully saturated rings. The molecule has 26 heavy (non-hydrogen) atoms. The summed E-state index contributed by atoms with van der Waals surface area (Å²) < 4.78 is 5.08. The zero-order valence-electron chi connectivity index (χ0n) is 16.1. The Hall–Kier alpha value is -1.68. The van der Waals surface area contributed by atoms with E-state index in [1.165, 1.54) is 18.3 Å². The molecule has 0 radical (unpaired) electrons. The molecule has 4 aliphatic carbocycles. The fourth-order valence-electron chi connectivity index (χ4n) is 5.83. The summed E-state index contributed by atoms with van der Waals surface area (Å²) >= 11 is 0. The van der Waals surface area contributed by atoms with Gasteiger partial charge in [-0.1, -0.05) is 32.4 Å². The molecule has 0 heterocycles. The van der Waals surface area contributed by atoms with Crippen molar-refractivity contribution in [3.05, 3.63) is 34.4 Å². The second kappa shape index (κ2) is 5.66. The molecule has 0 saturated carbocycles. The Kier molecular flexibility index (Phi) is 3.85. The Morgan fingerprint density at radius 2 is 2.00 bits per heavy atom. The molecule has 0 aromatic carbocycles. The lowest BCUT2D eigenvalue weighted by molar-refractivity contribution is -0.147. The van der Waals surface area contributed by atoms with Crippen LogP contribution in [-0.2, 0) is 14.3 Å². The van der Waals surface area contributed by atoms with E-state index in [4.69, 9.17) is 4.74 Å². The Balaban J connectivity index is 1.97. The van der Waals surface area contributed by atoms with E-state index in [0.717, 1.165) is 24.8 Å². The van der Waals surface area contributed by atoms with Crippen molar-refractivity contribution in [1.29, 1.82) is 0 Å². The lowest BCUT2D eigenvalue weighted by Gasteiger charge is -2.52. The highest BCUT2D eigenvalue weighted by molar-refractivity contribution is 5.93. The van der Waals surface area contributed by atoms with Gasteiger partial charge in [0.1, 0.15) is 5.92 Å². The first-order chi connectivity index (χ1) is 12.2. The number of carbonyl (C=O) groups excluding carboxylic acids is 2. The SMILES string of the molecule is COC(=O)C1C2=C(CCC3(C)C2=CCC3C)C2(C)CCC(=O)C=C2[C@@H]1O. The number of ether oxygens (including phenoxy) is 1. The Labute approximate surface area is 155 Å². The number of fused-ring (bicyclic) bond motifs is 4. The number of rotatable bonds is 1. The molecule has 0 bridgehead atoms. The fourth-order valence-corrected chi connectivity index (χ4v) is 5.83. The molecule has 4 unspecified atom stereocenters. The maximum Gasteiger partial charge on any atom is 0.316 e. The van der Waals surface area contributed by atoms with Gasteiger partial charge in [-0.3, -0.25) is 9.59 Å². The molecule has 5 atom stereocenters. The first-order valence-electron chi connectivity index (χ1n) is 9.69. The zero-order valence-corrected chi connectivity index (χ0v) is 16.1. The summed E-state index contributed by atoms with van der Waals surface area (Å²) in [6, 6.07) is 0. The van der Waals surface area contributed by atoms with E-state index in [0.29, 0.717) is 24.3 Å². The molecular weight excluding hydrogens is 328 g/mol. The monoisotopic (exact) mass is 356 g/mol. The summed E-state index contributed by atoms with van der Waals surface area (Å²) in [6.45, 7) is 6.70. The van der Waals surface area contributed by atoms with Crippen LogP contribution in [0.25, 0.3) is 0 Å². The van der Waals surface area contributed by atoms with E-state index in [1.54, 1.807) is 6.08 Å². The molecule has 4 heteroatoms. The van der Waals surface area contributed by atoms with Crippen LogP contribution >= 0.6 is 0 Å². The van der Waals surface area contributed by atoms with Gasteiger partial charge in [0.15, 0.2) is 5.78 Å². The summed E-state index contributed by atoms with van der Waals surface area (Å²) in [4.78, 5) is 24.8. The molecule has 4 nitrogen and oxygen atoms in total. The number of aliphatic hydroxyl groups is 1. The van der Waals surface area contributed by atoms with Gasteiger partial charge < -0.3 is 9.84 Å². The summed E-state index contributed by atoms with van der Waals surface area (Å²) in [5, 5.41) is 11.2. The van der Waals surface area contributed by atoms with E-state index in [9.17, 15) is 14.7 Å². The third-order valence-electron chi connectivity index (χ3n) is 7.78. The van der Waals surface area contributed by atoms with Gasteiger partial charge in [0.25, 0.3) is 0 Å². The summed E-state index contributed by atoms with van der Waals surface area (Å²) in [5.41, 5.74) is 3.91. The van der Waals surface area contributed by atoms with Crippen LogP contribution in [0.15, 0.2) is 34.4 Å². The first-order valence-corrected chi connectivity index (χ1v) is 9.69. The number of allylic oxidation sites excluding steroid dienone is 4. The Morgan fingerprint density at radius 3 is 2.69 bits per heavy atom. The molecule has 0 aromatic heterocycles. The van der Waals surface area contributed by atoms with Gasteiger partial charge in [-0.25, -0.2) is 0 Å². The predicted octanol–water partition coefficient (Wildman–Crippen LogP) is 3.51. The quantitative estimate of drug-likeness (QED) is 0.730. The lowest BCUT2D eigenvalue weighted by Crippen LogP contribution is -2.49. The van der Waals surface area contributed by atoms with Crippen LogP contribution in [0.3, 0.4) is 0 Å². The average molecular weight is 356 g/mol. The Bertz CT molecular complexity index is 786. The summed E-state index contributed by atoms with van der Waals surface area (Å²) in [7, 11) is 1.37. The second-order valence-electron chi connectivity index (χ2n) is 8.91. The molecule has 0 aromatic rings. The number of aliphatic hydroxyl groups excluding tert-OH is 1. The smallest absolute Gasteiger partial charge is 0.316 e. The van der Waals surface area contributed by atoms with E-state index < -0.39 is 18.0 Å². The highest BCUT2D eigenvalue weighted by atomic mass is 16.5. The van der Waals surface area contributed by atoms with E-state index >= 15 is 0 Å². The zero-order chi connectivity index (χ0) is 18.9. The fraction of sp³-hybridized carbons (Fsp3) is 0.636. The normalized spacial score (nSPS) is 41.7. The number of carbonyl (C=O) groups is 2. The van der Waals surface area contributed by atoms with Gasteiger partial charge in [-0.05, 0) is 59.8 Å². The molecule has 1 N–H and O–H groups in total. The first kappa shape index (κ1) is 17.7. The van der Waals surface area contributed by atoms with Crippen molar-refractivity contribution in [2.45, 2.75) is 59.0 Å². The number of esters is 1. The van der Waals surface area contributed by atoms with Crippen LogP contribution in [-0.4, -0.2) is 30.1 Å². The van der Waals surface area contributed by atoms with Crippen LogP contribution in [0.5, 0.6) is 0 Å². The summed E-state index contributed by atoms with van der Waals surface area (Å²) in [5.74, 6) is -0.565. The maximum absolute atomic E-state index is 12.7. The van der Waals surface area contributed by atoms with Gasteiger partial charge in [0, 0.05) is 11.8 Å². The molecule has 4 rings (SSSR count). The molecule has 0 spiro atoms. The van der Waals surface area contributed by atoms with Gasteiger partial charge >= 0.3 is 5.97 Å². The molecular formula is C22H28O4. The van der Waals surface area contributed by atoms with Gasteiger partial charge in [0.2, 0.25) is 0 Å². The standard InChI is InChI=1S/C22H28O4/c1-12-5-6-14-17-15(8-10-21(12,14)2)22(3)9-7-13(23)11-16(22)19(24)18(17)20(25)26-4/h6,11-12,18-19,24H,5,7-10H2,1-4H3/t12?,18?,19-,21?,22?/m0/s1. The van der Waals surface area contributed by atoms with Crippen LogP contribution < -0.4 is 0 Å². The molecule has 140 valence electrons. The minimum absolute atomic E-state index is 0.0403. The van der Waals surface area contributed by atoms with Gasteiger partial charge in [0.05, 0.1) is 13.2 Å². The van der Waals surface area contributed by atoms with Gasteiger partial charge in [-0.2, -0.15) is 0 Å². The van der Waals surface area contributed by atoms with Crippen molar-refractivity contribution in [3.63, 3.8) is 0 Å². The van der Waals surface area contributed by atoms with Crippen molar-refractivity contribution < 1.29 is 19.4 Å². The predicted molar refractivity (Wildman–Crippen MR) is 98.2 cm³/mol. The molecule has 0 saturated heterocycles. The average Bonchev–Trinajstić information content (AvgIpc) is 2.91.